The number of nitrogens with zero attached hydrogens (tertiary/aromatic N) is 2. The Hall–Kier alpha value is -3.59. The zero-order valence-corrected chi connectivity index (χ0v) is 19.0. The summed E-state index contributed by atoms with van der Waals surface area (Å²) < 4.78 is 24.6. The maximum atomic E-state index is 12.6. The molecule has 0 radical (unpaired) electrons. The number of carbonyl (C=O) groups is 2. The molecule has 0 fully saturated rings. The van der Waals surface area contributed by atoms with Crippen molar-refractivity contribution in [3.63, 3.8) is 0 Å². The highest BCUT2D eigenvalue weighted by Crippen LogP contribution is 2.51. The van der Waals surface area contributed by atoms with Crippen molar-refractivity contribution in [2.24, 2.45) is 0 Å². The molecular weight excluding hydrogens is 428 g/mol. The molecule has 0 aliphatic carbocycles. The third-order valence-corrected chi connectivity index (χ3v) is 5.62. The van der Waals surface area contributed by atoms with E-state index in [1.165, 1.54) is 7.11 Å². The summed E-state index contributed by atoms with van der Waals surface area (Å²) in [6.07, 6.45) is 7.40. The quantitative estimate of drug-likeness (QED) is 0.502. The summed E-state index contributed by atoms with van der Waals surface area (Å²) >= 11 is 0. The van der Waals surface area contributed by atoms with E-state index in [0.717, 1.165) is 5.56 Å². The summed E-state index contributed by atoms with van der Waals surface area (Å²) in [5.41, 5.74) is 0.747. The van der Waals surface area contributed by atoms with E-state index < -0.39 is 17.7 Å². The third-order valence-electron chi connectivity index (χ3n) is 5.62. The van der Waals surface area contributed by atoms with Crippen LogP contribution in [0.15, 0.2) is 42.2 Å². The number of benzene rings is 1. The lowest BCUT2D eigenvalue weighted by atomic mass is 9.89. The van der Waals surface area contributed by atoms with E-state index in [0.29, 0.717) is 47.6 Å². The van der Waals surface area contributed by atoms with Crippen LogP contribution < -0.4 is 14.2 Å². The third kappa shape index (κ3) is 4.11. The summed E-state index contributed by atoms with van der Waals surface area (Å²) in [6.45, 7) is 5.54. The molecule has 0 spiro atoms. The van der Waals surface area contributed by atoms with Gasteiger partial charge in [0, 0.05) is 42.6 Å². The average Bonchev–Trinajstić information content (AvgIpc) is 3.44. The number of ether oxygens (including phenoxy) is 4. The summed E-state index contributed by atoms with van der Waals surface area (Å²) in [5, 5.41) is 10.5. The normalized spacial score (nSPS) is 18.3. The molecule has 0 saturated carbocycles. The molecule has 1 atom stereocenters. The van der Waals surface area contributed by atoms with Crippen molar-refractivity contribution in [1.82, 2.24) is 9.55 Å². The number of hydrogen-bond donors (Lipinski definition) is 1. The molecule has 1 aromatic heterocycles. The first-order valence-electron chi connectivity index (χ1n) is 10.6. The number of rotatable bonds is 7. The maximum absolute atomic E-state index is 12.6. The Morgan fingerprint density at radius 1 is 1.39 bits per heavy atom. The van der Waals surface area contributed by atoms with Crippen LogP contribution in [0.5, 0.6) is 17.2 Å². The van der Waals surface area contributed by atoms with Crippen molar-refractivity contribution in [3.05, 3.63) is 53.3 Å². The van der Waals surface area contributed by atoms with Gasteiger partial charge in [0.05, 0.1) is 36.8 Å². The Bertz CT molecular complexity index is 1140. The lowest BCUT2D eigenvalue weighted by Crippen LogP contribution is -2.39. The second kappa shape index (κ2) is 8.74. The largest absolute Gasteiger partial charge is 0.496 e. The lowest BCUT2D eigenvalue weighted by Gasteiger charge is -2.25. The number of imidazole rings is 1. The van der Waals surface area contributed by atoms with Crippen LogP contribution in [-0.4, -0.2) is 52.3 Å². The monoisotopic (exact) mass is 454 g/mol. The molecule has 174 valence electrons. The van der Waals surface area contributed by atoms with Gasteiger partial charge in [0.1, 0.15) is 23.4 Å². The topological polar surface area (TPSA) is 109 Å². The molecule has 4 rings (SSSR count). The van der Waals surface area contributed by atoms with Crippen LogP contribution >= 0.6 is 0 Å². The molecular formula is C24H26N2O7. The zero-order chi connectivity index (χ0) is 23.8. The number of esters is 1. The Labute approximate surface area is 191 Å². The number of aromatic nitrogens is 2. The molecule has 2 aliphatic rings. The van der Waals surface area contributed by atoms with Crippen molar-refractivity contribution < 1.29 is 33.6 Å². The molecule has 2 aliphatic heterocycles. The van der Waals surface area contributed by atoms with Crippen LogP contribution in [0.3, 0.4) is 0 Å². The highest BCUT2D eigenvalue weighted by atomic mass is 16.6. The minimum absolute atomic E-state index is 0.0669. The SMILES string of the molecule is CCOC(=O)C1=C(C=O)/C(=C\Cn2ccnc2)c2c(cc3c(c2OC)C[C@@H](C(C)(C)O)O3)O1. The maximum Gasteiger partial charge on any atom is 0.375 e. The van der Waals surface area contributed by atoms with E-state index in [-0.39, 0.29) is 17.9 Å². The van der Waals surface area contributed by atoms with Gasteiger partial charge >= 0.3 is 5.97 Å². The van der Waals surface area contributed by atoms with Gasteiger partial charge in [-0.1, -0.05) is 6.08 Å². The first-order chi connectivity index (χ1) is 15.8. The van der Waals surface area contributed by atoms with Gasteiger partial charge in [-0.3, -0.25) is 4.79 Å². The Morgan fingerprint density at radius 3 is 2.79 bits per heavy atom. The predicted molar refractivity (Wildman–Crippen MR) is 118 cm³/mol. The molecule has 0 bridgehead atoms. The van der Waals surface area contributed by atoms with Crippen molar-refractivity contribution in [2.45, 2.75) is 45.4 Å². The van der Waals surface area contributed by atoms with Crippen molar-refractivity contribution >= 4 is 17.8 Å². The minimum Gasteiger partial charge on any atom is -0.496 e. The van der Waals surface area contributed by atoms with E-state index >= 15 is 0 Å². The van der Waals surface area contributed by atoms with Gasteiger partial charge in [-0.15, -0.1) is 0 Å². The highest BCUT2D eigenvalue weighted by molar-refractivity contribution is 6.09. The van der Waals surface area contributed by atoms with Crippen LogP contribution in [0, 0.1) is 0 Å². The number of aliphatic hydroxyl groups is 1. The van der Waals surface area contributed by atoms with Gasteiger partial charge < -0.3 is 28.6 Å². The van der Waals surface area contributed by atoms with Gasteiger partial charge in [0.2, 0.25) is 5.76 Å². The number of fused-ring (bicyclic) bond motifs is 2. The van der Waals surface area contributed by atoms with Crippen molar-refractivity contribution in [1.29, 1.82) is 0 Å². The molecule has 33 heavy (non-hydrogen) atoms. The second-order valence-corrected chi connectivity index (χ2v) is 8.28. The lowest BCUT2D eigenvalue weighted by molar-refractivity contribution is -0.141. The van der Waals surface area contributed by atoms with Crippen LogP contribution in [0.2, 0.25) is 0 Å². The van der Waals surface area contributed by atoms with Gasteiger partial charge in [0.25, 0.3) is 0 Å². The van der Waals surface area contributed by atoms with Crippen LogP contribution in [0.25, 0.3) is 5.57 Å². The molecule has 1 aromatic carbocycles. The molecule has 0 amide bonds. The van der Waals surface area contributed by atoms with Crippen LogP contribution in [0.4, 0.5) is 0 Å². The van der Waals surface area contributed by atoms with Gasteiger partial charge in [0.15, 0.2) is 6.29 Å². The average molecular weight is 454 g/mol. The summed E-state index contributed by atoms with van der Waals surface area (Å²) in [5.74, 6) is 0.314. The summed E-state index contributed by atoms with van der Waals surface area (Å²) in [4.78, 5) is 28.8. The molecule has 9 nitrogen and oxygen atoms in total. The number of aldehydes is 1. The molecule has 0 unspecified atom stereocenters. The zero-order valence-electron chi connectivity index (χ0n) is 19.0. The molecule has 9 heteroatoms. The fourth-order valence-corrected chi connectivity index (χ4v) is 3.98. The van der Waals surface area contributed by atoms with Crippen LogP contribution in [0.1, 0.15) is 31.9 Å². The predicted octanol–water partition coefficient (Wildman–Crippen LogP) is 2.46. The first kappa shape index (κ1) is 22.6. The van der Waals surface area contributed by atoms with Gasteiger partial charge in [-0.05, 0) is 20.8 Å². The van der Waals surface area contributed by atoms with Crippen LogP contribution in [-0.2, 0) is 27.3 Å². The van der Waals surface area contributed by atoms with Crippen molar-refractivity contribution in [2.75, 3.05) is 13.7 Å². The van der Waals surface area contributed by atoms with Gasteiger partial charge in [-0.2, -0.15) is 0 Å². The first-order valence-corrected chi connectivity index (χ1v) is 10.6. The summed E-state index contributed by atoms with van der Waals surface area (Å²) in [7, 11) is 1.52. The molecule has 3 heterocycles. The van der Waals surface area contributed by atoms with Gasteiger partial charge in [-0.25, -0.2) is 9.78 Å². The van der Waals surface area contributed by atoms with E-state index in [1.54, 1.807) is 45.6 Å². The summed E-state index contributed by atoms with van der Waals surface area (Å²) in [6, 6.07) is 1.66. The molecule has 1 N–H and O–H groups in total. The smallest absolute Gasteiger partial charge is 0.375 e. The van der Waals surface area contributed by atoms with E-state index in [2.05, 4.69) is 4.98 Å². The molecule has 2 aromatic rings. The minimum atomic E-state index is -1.09. The number of carbonyl (C=O) groups excluding carboxylic acids is 2. The fraction of sp³-hybridized carbons (Fsp3) is 0.375. The number of allylic oxidation sites excluding steroid dienone is 3. The van der Waals surface area contributed by atoms with Crippen molar-refractivity contribution in [3.8, 4) is 17.2 Å². The van der Waals surface area contributed by atoms with E-state index in [1.807, 2.05) is 10.6 Å². The molecule has 0 saturated heterocycles. The number of hydrogen-bond acceptors (Lipinski definition) is 8. The second-order valence-electron chi connectivity index (χ2n) is 8.28. The number of methoxy groups -OCH3 is 1. The Kier molecular flexibility index (Phi) is 5.99. The Balaban J connectivity index is 1.90. The van der Waals surface area contributed by atoms with E-state index in [9.17, 15) is 14.7 Å². The Morgan fingerprint density at radius 2 is 2.18 bits per heavy atom. The standard InChI is InChI=1S/C24H26N2O7/c1-5-31-23(28)22-16(12-27)14(6-8-26-9-7-25-13-26)20-18(33-22)11-17-15(21(20)30-4)10-19(32-17)24(2,3)29/h6-7,9,11-13,19,29H,5,8,10H2,1-4H3/b14-6+/t19-/m0/s1. The highest BCUT2D eigenvalue weighted by Gasteiger charge is 2.41. The fourth-order valence-electron chi connectivity index (χ4n) is 3.98. The van der Waals surface area contributed by atoms with E-state index in [4.69, 9.17) is 18.9 Å².